The Hall–Kier alpha value is -3.39. The monoisotopic (exact) mass is 460 g/mol. The molecule has 0 N–H and O–H groups in total. The van der Waals surface area contributed by atoms with E-state index in [-0.39, 0.29) is 5.41 Å². The molecule has 0 amide bonds. The van der Waals surface area contributed by atoms with Crippen molar-refractivity contribution in [2.75, 3.05) is 0 Å². The summed E-state index contributed by atoms with van der Waals surface area (Å²) in [5, 5.41) is 2.37. The number of hydrogen-bond acceptors (Lipinski definition) is 1. The van der Waals surface area contributed by atoms with Crippen molar-refractivity contribution < 1.29 is 8.98 Å². The molecule has 0 aliphatic heterocycles. The zero-order valence-corrected chi connectivity index (χ0v) is 21.5. The molecule has 3 aromatic carbocycles. The molecule has 1 aliphatic carbocycles. The average molecular weight is 461 g/mol. The van der Waals surface area contributed by atoms with E-state index in [1.165, 1.54) is 75.5 Å². The third-order valence-electron chi connectivity index (χ3n) is 7.77. The molecular weight excluding hydrogens is 426 g/mol. The molecule has 0 spiro atoms. The smallest absolute Gasteiger partial charge is 0.216 e. The molecule has 0 atom stereocenters. The molecule has 1 aliphatic rings. The van der Waals surface area contributed by atoms with Crippen LogP contribution in [0.25, 0.3) is 44.3 Å². The minimum Gasteiger partial charge on any atom is -0.454 e. The van der Waals surface area contributed by atoms with Crippen LogP contribution in [0.1, 0.15) is 55.9 Å². The number of para-hydroxylation sites is 1. The van der Waals surface area contributed by atoms with Gasteiger partial charge in [0.15, 0.2) is 6.20 Å². The number of fused-ring (bicyclic) bond motifs is 4. The summed E-state index contributed by atoms with van der Waals surface area (Å²) in [7, 11) is 2.10. The van der Waals surface area contributed by atoms with E-state index >= 15 is 0 Å². The van der Waals surface area contributed by atoms with E-state index in [1.807, 2.05) is 0 Å². The highest BCUT2D eigenvalue weighted by atomic mass is 16.3. The van der Waals surface area contributed by atoms with E-state index in [2.05, 4.69) is 106 Å². The Balaban J connectivity index is 1.64. The van der Waals surface area contributed by atoms with Crippen molar-refractivity contribution in [1.29, 1.82) is 0 Å². The van der Waals surface area contributed by atoms with Crippen LogP contribution in [0.2, 0.25) is 0 Å². The maximum atomic E-state index is 6.82. The van der Waals surface area contributed by atoms with Gasteiger partial charge < -0.3 is 4.42 Å². The number of benzene rings is 3. The molecule has 2 heterocycles. The van der Waals surface area contributed by atoms with Crippen molar-refractivity contribution in [3.8, 4) is 22.4 Å². The lowest BCUT2D eigenvalue weighted by Crippen LogP contribution is -2.30. The fourth-order valence-electron chi connectivity index (χ4n) is 5.98. The molecule has 0 radical (unpaired) electrons. The van der Waals surface area contributed by atoms with Crippen molar-refractivity contribution in [2.45, 2.75) is 58.8 Å². The van der Waals surface area contributed by atoms with E-state index in [1.54, 1.807) is 5.56 Å². The minimum absolute atomic E-state index is 0.117. The summed E-state index contributed by atoms with van der Waals surface area (Å²) in [6.45, 7) is 9.21. The maximum absolute atomic E-state index is 6.82. The second kappa shape index (κ2) is 8.09. The van der Waals surface area contributed by atoms with Crippen molar-refractivity contribution in [2.24, 2.45) is 7.05 Å². The third kappa shape index (κ3) is 3.58. The summed E-state index contributed by atoms with van der Waals surface area (Å²) in [6.07, 6.45) is 7.06. The molecule has 0 fully saturated rings. The Labute approximate surface area is 208 Å². The quantitative estimate of drug-likeness (QED) is 0.242. The summed E-state index contributed by atoms with van der Waals surface area (Å²) in [4.78, 5) is 0. The molecule has 0 bridgehead atoms. The van der Waals surface area contributed by atoms with Gasteiger partial charge >= 0.3 is 0 Å². The number of rotatable bonds is 2. The standard InChI is InChI=1S/C33H34NO/c1-21-16-17-27-26-14-10-13-25(31(26)35-32(27)30(21)29-15-8-9-18-34(29)5)23-19-22-11-6-7-12-24(22)28(20-23)33(2,3)4/h8-10,13-20H,6-7,11-12H2,1-5H3/q+1. The molecule has 35 heavy (non-hydrogen) atoms. The van der Waals surface area contributed by atoms with E-state index < -0.39 is 0 Å². The number of nitrogens with zero attached hydrogens (tertiary/aromatic N) is 1. The fraction of sp³-hybridized carbons (Fsp3) is 0.303. The lowest BCUT2D eigenvalue weighted by Gasteiger charge is -2.28. The predicted molar refractivity (Wildman–Crippen MR) is 146 cm³/mol. The van der Waals surface area contributed by atoms with Gasteiger partial charge in [0.1, 0.15) is 18.2 Å². The van der Waals surface area contributed by atoms with Crippen LogP contribution in [0.5, 0.6) is 0 Å². The van der Waals surface area contributed by atoms with Crippen LogP contribution in [0.15, 0.2) is 71.3 Å². The van der Waals surface area contributed by atoms with E-state index in [4.69, 9.17) is 4.42 Å². The van der Waals surface area contributed by atoms with Gasteiger partial charge in [0.05, 0.1) is 5.56 Å². The number of furan rings is 1. The normalized spacial score (nSPS) is 14.0. The van der Waals surface area contributed by atoms with Crippen molar-refractivity contribution in [3.05, 3.63) is 89.1 Å². The Bertz CT molecular complexity index is 1600. The molecule has 5 aromatic rings. The van der Waals surface area contributed by atoms with Gasteiger partial charge in [-0.15, -0.1) is 0 Å². The summed E-state index contributed by atoms with van der Waals surface area (Å²) in [5.41, 5.74) is 12.7. The van der Waals surface area contributed by atoms with Crippen LogP contribution in [0, 0.1) is 6.92 Å². The highest BCUT2D eigenvalue weighted by molar-refractivity contribution is 6.13. The summed E-state index contributed by atoms with van der Waals surface area (Å²) >= 11 is 0. The summed E-state index contributed by atoms with van der Waals surface area (Å²) < 4.78 is 8.99. The molecule has 0 saturated heterocycles. The Morgan fingerprint density at radius 1 is 0.829 bits per heavy atom. The van der Waals surface area contributed by atoms with E-state index in [0.717, 1.165) is 11.2 Å². The summed E-state index contributed by atoms with van der Waals surface area (Å²) in [6, 6.07) is 22.3. The van der Waals surface area contributed by atoms with Crippen LogP contribution in [-0.2, 0) is 25.3 Å². The van der Waals surface area contributed by atoms with Crippen molar-refractivity contribution >= 4 is 21.9 Å². The second-order valence-corrected chi connectivity index (χ2v) is 11.2. The minimum atomic E-state index is 0.117. The molecule has 176 valence electrons. The van der Waals surface area contributed by atoms with Gasteiger partial charge in [0, 0.05) is 28.5 Å². The highest BCUT2D eigenvalue weighted by Crippen LogP contribution is 2.42. The van der Waals surface area contributed by atoms with Crippen LogP contribution >= 0.6 is 0 Å². The van der Waals surface area contributed by atoms with Crippen LogP contribution in [0.3, 0.4) is 0 Å². The molecular formula is C33H34NO+. The Morgan fingerprint density at radius 2 is 1.63 bits per heavy atom. The molecule has 2 nitrogen and oxygen atoms in total. The van der Waals surface area contributed by atoms with Crippen LogP contribution in [-0.4, -0.2) is 0 Å². The van der Waals surface area contributed by atoms with Gasteiger partial charge in [-0.3, -0.25) is 0 Å². The molecule has 0 unspecified atom stereocenters. The molecule has 6 rings (SSSR count). The number of aromatic nitrogens is 1. The lowest BCUT2D eigenvalue weighted by molar-refractivity contribution is -0.660. The maximum Gasteiger partial charge on any atom is 0.216 e. The highest BCUT2D eigenvalue weighted by Gasteiger charge is 2.25. The van der Waals surface area contributed by atoms with Gasteiger partial charge in [0.2, 0.25) is 5.69 Å². The van der Waals surface area contributed by atoms with Crippen molar-refractivity contribution in [1.82, 2.24) is 0 Å². The number of pyridine rings is 1. The Kier molecular flexibility index (Phi) is 5.11. The van der Waals surface area contributed by atoms with E-state index in [9.17, 15) is 0 Å². The summed E-state index contributed by atoms with van der Waals surface area (Å²) in [5.74, 6) is 0. The first-order valence-electron chi connectivity index (χ1n) is 12.9. The molecule has 2 heteroatoms. The number of aryl methyl sites for hydroxylation is 3. The lowest BCUT2D eigenvalue weighted by atomic mass is 9.76. The zero-order chi connectivity index (χ0) is 24.3. The molecule has 0 saturated carbocycles. The third-order valence-corrected chi connectivity index (χ3v) is 7.77. The largest absolute Gasteiger partial charge is 0.454 e. The first kappa shape index (κ1) is 22.1. The number of hydrogen-bond donors (Lipinski definition) is 0. The predicted octanol–water partition coefficient (Wildman–Crippen LogP) is 8.23. The second-order valence-electron chi connectivity index (χ2n) is 11.2. The fourth-order valence-corrected chi connectivity index (χ4v) is 5.98. The SMILES string of the molecule is Cc1ccc2c(oc3c(-c4cc5c(c(C(C)(C)C)c4)CCCC5)cccc32)c1-c1cccc[n+]1C. The molecule has 2 aromatic heterocycles. The van der Waals surface area contributed by atoms with Crippen LogP contribution < -0.4 is 4.57 Å². The van der Waals surface area contributed by atoms with E-state index in [0.29, 0.717) is 0 Å². The zero-order valence-electron chi connectivity index (χ0n) is 21.5. The van der Waals surface area contributed by atoms with Gasteiger partial charge in [-0.2, -0.15) is 0 Å². The van der Waals surface area contributed by atoms with Gasteiger partial charge in [-0.1, -0.05) is 63.2 Å². The van der Waals surface area contributed by atoms with Gasteiger partial charge in [-0.05, 0) is 71.9 Å². The Morgan fingerprint density at radius 3 is 2.43 bits per heavy atom. The van der Waals surface area contributed by atoms with Gasteiger partial charge in [-0.25, -0.2) is 4.57 Å². The van der Waals surface area contributed by atoms with Crippen LogP contribution in [0.4, 0.5) is 0 Å². The van der Waals surface area contributed by atoms with Crippen molar-refractivity contribution in [3.63, 3.8) is 0 Å². The topological polar surface area (TPSA) is 17.0 Å². The first-order valence-corrected chi connectivity index (χ1v) is 12.9. The average Bonchev–Trinajstić information content (AvgIpc) is 3.22. The van der Waals surface area contributed by atoms with Gasteiger partial charge in [0.25, 0.3) is 0 Å². The first-order chi connectivity index (χ1) is 16.8.